The Kier molecular flexibility index (Phi) is 16.0. The molecule has 5 rings (SSSR count). The number of rotatable bonds is 21. The van der Waals surface area contributed by atoms with E-state index in [0.717, 1.165) is 27.8 Å². The van der Waals surface area contributed by atoms with Crippen LogP contribution in [0.2, 0.25) is 0 Å². The van der Waals surface area contributed by atoms with E-state index < -0.39 is 35.6 Å². The fourth-order valence-corrected chi connectivity index (χ4v) is 7.47. The van der Waals surface area contributed by atoms with Crippen molar-refractivity contribution in [3.63, 3.8) is 0 Å². The maximum Gasteiger partial charge on any atom is 0.411 e. The molecule has 0 unspecified atom stereocenters. The highest BCUT2D eigenvalue weighted by atomic mass is 16.6. The Hall–Kier alpha value is -6.25. The molecule has 0 heterocycles. The molecule has 61 heavy (non-hydrogen) atoms. The number of nitrogens with one attached hydrogen (secondary N) is 4. The van der Waals surface area contributed by atoms with Crippen molar-refractivity contribution in [2.24, 2.45) is 22.8 Å². The molecule has 0 aliphatic heterocycles. The molecule has 324 valence electrons. The zero-order valence-corrected chi connectivity index (χ0v) is 35.2. The summed E-state index contributed by atoms with van der Waals surface area (Å²) in [5.74, 6) is -1.15. The van der Waals surface area contributed by atoms with Gasteiger partial charge in [-0.25, -0.2) is 14.4 Å². The van der Waals surface area contributed by atoms with Gasteiger partial charge < -0.3 is 42.0 Å². The number of amides is 4. The molecule has 0 spiro atoms. The Morgan fingerprint density at radius 1 is 0.803 bits per heavy atom. The van der Waals surface area contributed by atoms with E-state index in [1.165, 1.54) is 0 Å². The maximum atomic E-state index is 13.9. The fraction of sp³-hybridized carbons (Fsp3) is 0.383. The lowest BCUT2D eigenvalue weighted by Gasteiger charge is -2.26. The molecule has 14 heteroatoms. The number of carbonyl (C=O) groups excluding carboxylic acids is 4. The molecule has 9 N–H and O–H groups in total. The standard InChI is InChI=1S/C47H58N6O8/c1-29(2)41(53-46(59)61-28-39-37-12-7-5-10-35(37)36-11-6-8-13-38(36)39)26-51-40(14-9-23-50-44(49)57)42(54)32-19-15-31(16-20-32)27-60-45(58)52-34-21-17-30(18-22-34)24-33(48)25-47(3,4)43(55)56/h5-8,10-13,15-22,29,33,39-41,51H,9,14,23-28,48H2,1-4H3,(H,52,58)(H,53,59)(H,55,56)(H3,49,50,57)/t33-,40-,41+/m0/s1. The third-order valence-electron chi connectivity index (χ3n) is 11.0. The number of ketones is 1. The topological polar surface area (TPSA) is 224 Å². The largest absolute Gasteiger partial charge is 0.481 e. The van der Waals surface area contributed by atoms with E-state index in [1.54, 1.807) is 50.2 Å². The summed E-state index contributed by atoms with van der Waals surface area (Å²) in [6, 6.07) is 28.1. The monoisotopic (exact) mass is 834 g/mol. The summed E-state index contributed by atoms with van der Waals surface area (Å²) in [5.41, 5.74) is 17.6. The molecule has 4 aromatic rings. The average molecular weight is 835 g/mol. The van der Waals surface area contributed by atoms with Crippen LogP contribution in [0.4, 0.5) is 20.1 Å². The van der Waals surface area contributed by atoms with Gasteiger partial charge in [-0.05, 0) is 91.0 Å². The summed E-state index contributed by atoms with van der Waals surface area (Å²) in [4.78, 5) is 62.4. The summed E-state index contributed by atoms with van der Waals surface area (Å²) in [7, 11) is 0. The van der Waals surface area contributed by atoms with Crippen LogP contribution in [0, 0.1) is 11.3 Å². The van der Waals surface area contributed by atoms with E-state index in [-0.39, 0.29) is 56.0 Å². The number of carboxylic acid groups (broad SMARTS) is 1. The van der Waals surface area contributed by atoms with Gasteiger partial charge in [0.1, 0.15) is 13.2 Å². The number of alkyl carbamates (subject to hydrolysis) is 1. The fourth-order valence-electron chi connectivity index (χ4n) is 7.47. The second-order valence-electron chi connectivity index (χ2n) is 16.5. The van der Waals surface area contributed by atoms with Crippen molar-refractivity contribution in [3.05, 3.63) is 125 Å². The van der Waals surface area contributed by atoms with Gasteiger partial charge in [-0.1, -0.05) is 98.8 Å². The number of primary amides is 1. The zero-order valence-electron chi connectivity index (χ0n) is 35.2. The first-order chi connectivity index (χ1) is 29.1. The van der Waals surface area contributed by atoms with Crippen molar-refractivity contribution in [2.45, 2.75) is 84.0 Å². The predicted molar refractivity (Wildman–Crippen MR) is 234 cm³/mol. The normalized spacial score (nSPS) is 13.6. The van der Waals surface area contributed by atoms with Crippen LogP contribution in [0.15, 0.2) is 97.1 Å². The van der Waals surface area contributed by atoms with E-state index in [4.69, 9.17) is 20.9 Å². The minimum Gasteiger partial charge on any atom is -0.481 e. The Labute approximate surface area is 357 Å². The molecule has 0 radical (unpaired) electrons. The van der Waals surface area contributed by atoms with Gasteiger partial charge in [-0.15, -0.1) is 0 Å². The number of benzene rings is 4. The first kappa shape index (κ1) is 45.8. The molecule has 4 aromatic carbocycles. The zero-order chi connectivity index (χ0) is 44.1. The number of aliphatic carboxylic acids is 1. The highest BCUT2D eigenvalue weighted by Crippen LogP contribution is 2.44. The average Bonchev–Trinajstić information content (AvgIpc) is 3.55. The molecule has 0 bridgehead atoms. The molecule has 1 aliphatic rings. The van der Waals surface area contributed by atoms with Crippen LogP contribution in [0.3, 0.4) is 0 Å². The van der Waals surface area contributed by atoms with E-state index in [1.807, 2.05) is 50.2 Å². The third kappa shape index (κ3) is 13.1. The van der Waals surface area contributed by atoms with E-state index in [0.29, 0.717) is 42.5 Å². The molecule has 4 amide bonds. The van der Waals surface area contributed by atoms with Crippen LogP contribution in [0.25, 0.3) is 11.1 Å². The smallest absolute Gasteiger partial charge is 0.411 e. The number of anilines is 1. The number of carboxylic acids is 1. The molecule has 0 fully saturated rings. The van der Waals surface area contributed by atoms with Gasteiger partial charge in [-0.2, -0.15) is 0 Å². The molecular formula is C47H58N6O8. The second-order valence-corrected chi connectivity index (χ2v) is 16.5. The number of fused-ring (bicyclic) bond motifs is 3. The highest BCUT2D eigenvalue weighted by molar-refractivity contribution is 6.00. The minimum atomic E-state index is -0.930. The van der Waals surface area contributed by atoms with Gasteiger partial charge in [0.25, 0.3) is 0 Å². The quantitative estimate of drug-likeness (QED) is 0.0338. The molecular weight excluding hydrogens is 777 g/mol. The second kappa shape index (κ2) is 21.3. The molecule has 14 nitrogen and oxygen atoms in total. The lowest BCUT2D eigenvalue weighted by Crippen LogP contribution is -2.49. The van der Waals surface area contributed by atoms with E-state index >= 15 is 0 Å². The van der Waals surface area contributed by atoms with Crippen LogP contribution in [-0.2, 0) is 27.3 Å². The lowest BCUT2D eigenvalue weighted by molar-refractivity contribution is -0.147. The van der Waals surface area contributed by atoms with Gasteiger partial charge in [-0.3, -0.25) is 14.9 Å². The van der Waals surface area contributed by atoms with Gasteiger partial charge >= 0.3 is 24.2 Å². The van der Waals surface area contributed by atoms with Crippen LogP contribution in [0.1, 0.15) is 85.5 Å². The summed E-state index contributed by atoms with van der Waals surface area (Å²) >= 11 is 0. The van der Waals surface area contributed by atoms with Crippen molar-refractivity contribution in [3.8, 4) is 11.1 Å². The Morgan fingerprint density at radius 2 is 1.41 bits per heavy atom. The maximum absolute atomic E-state index is 13.9. The first-order valence-corrected chi connectivity index (χ1v) is 20.6. The van der Waals surface area contributed by atoms with Crippen molar-refractivity contribution in [2.75, 3.05) is 25.0 Å². The van der Waals surface area contributed by atoms with Gasteiger partial charge in [0.05, 0.1) is 11.5 Å². The van der Waals surface area contributed by atoms with Gasteiger partial charge in [0.2, 0.25) is 0 Å². The van der Waals surface area contributed by atoms with Crippen LogP contribution < -0.4 is 32.7 Å². The Bertz CT molecular complexity index is 2090. The molecule has 0 aromatic heterocycles. The third-order valence-corrected chi connectivity index (χ3v) is 11.0. The summed E-state index contributed by atoms with van der Waals surface area (Å²) in [5, 5.41) is 21.0. The SMILES string of the molecule is CC(C)[C@@H](CN[C@@H](CCCNC(N)=O)C(=O)c1ccc(COC(=O)Nc2ccc(C[C@H](N)CC(C)(C)C(=O)O)cc2)cc1)NC(=O)OCC1c2ccccc2-c2ccccc21. The lowest BCUT2D eigenvalue weighted by atomic mass is 9.84. The number of urea groups is 1. The number of hydrogen-bond acceptors (Lipinski definition) is 9. The summed E-state index contributed by atoms with van der Waals surface area (Å²) in [6.07, 6.45) is 0.464. The Balaban J connectivity index is 1.12. The molecule has 1 aliphatic carbocycles. The van der Waals surface area contributed by atoms with Crippen LogP contribution in [-0.4, -0.2) is 72.9 Å². The number of Topliss-reactive ketones (excluding diaryl/α,β-unsaturated/α-hetero) is 1. The molecule has 0 saturated carbocycles. The van der Waals surface area contributed by atoms with Crippen LogP contribution >= 0.6 is 0 Å². The van der Waals surface area contributed by atoms with Crippen molar-refractivity contribution in [1.82, 2.24) is 16.0 Å². The van der Waals surface area contributed by atoms with Gasteiger partial charge in [0, 0.05) is 42.3 Å². The van der Waals surface area contributed by atoms with E-state index in [2.05, 4.69) is 45.5 Å². The Morgan fingerprint density at radius 3 is 2.00 bits per heavy atom. The van der Waals surface area contributed by atoms with Crippen molar-refractivity contribution >= 4 is 35.7 Å². The number of carbonyl (C=O) groups is 5. The summed E-state index contributed by atoms with van der Waals surface area (Å²) in [6.45, 7) is 7.97. The molecule has 0 saturated heterocycles. The number of hydrogen-bond donors (Lipinski definition) is 7. The minimum absolute atomic E-state index is 0.00437. The molecule has 3 atom stereocenters. The number of nitrogens with two attached hydrogens (primary N) is 2. The first-order valence-electron chi connectivity index (χ1n) is 20.6. The summed E-state index contributed by atoms with van der Waals surface area (Å²) < 4.78 is 11.2. The van der Waals surface area contributed by atoms with Crippen LogP contribution in [0.5, 0.6) is 0 Å². The van der Waals surface area contributed by atoms with Crippen molar-refractivity contribution < 1.29 is 38.6 Å². The van der Waals surface area contributed by atoms with Gasteiger partial charge in [0.15, 0.2) is 5.78 Å². The number of ether oxygens (including phenoxy) is 2. The van der Waals surface area contributed by atoms with Crippen molar-refractivity contribution in [1.29, 1.82) is 0 Å². The predicted octanol–water partition coefficient (Wildman–Crippen LogP) is 6.96. The van der Waals surface area contributed by atoms with E-state index in [9.17, 15) is 29.1 Å². The highest BCUT2D eigenvalue weighted by Gasteiger charge is 2.31.